The average molecular weight is 219 g/mol. The molecular weight excluding hydrogens is 204 g/mol. The topological polar surface area (TPSA) is 0 Å². The summed E-state index contributed by atoms with van der Waals surface area (Å²) >= 11 is 0. The SMILES string of the molecule is [CH]1CC2(c3cccc4ccccc34)C=CC1C2. The number of fused-ring (bicyclic) bond motifs is 3. The highest BCUT2D eigenvalue weighted by Gasteiger charge is 2.42. The molecule has 2 aliphatic carbocycles. The van der Waals surface area contributed by atoms with Crippen LogP contribution < -0.4 is 0 Å². The molecule has 0 spiro atoms. The Morgan fingerprint density at radius 3 is 2.65 bits per heavy atom. The summed E-state index contributed by atoms with van der Waals surface area (Å²) in [6.07, 6.45) is 9.79. The molecule has 17 heavy (non-hydrogen) atoms. The molecule has 2 aromatic rings. The van der Waals surface area contributed by atoms with E-state index in [1.54, 1.807) is 0 Å². The molecule has 2 aromatic carbocycles. The van der Waals surface area contributed by atoms with Gasteiger partial charge in [-0.2, -0.15) is 0 Å². The van der Waals surface area contributed by atoms with Gasteiger partial charge in [-0.15, -0.1) is 0 Å². The minimum Gasteiger partial charge on any atom is -0.0842 e. The summed E-state index contributed by atoms with van der Waals surface area (Å²) in [6.45, 7) is 0. The number of benzene rings is 2. The zero-order valence-electron chi connectivity index (χ0n) is 9.77. The van der Waals surface area contributed by atoms with Crippen LogP contribution in [0, 0.1) is 12.3 Å². The fourth-order valence-electron chi connectivity index (χ4n) is 3.51. The molecule has 0 heterocycles. The molecular formula is C17H15. The lowest BCUT2D eigenvalue weighted by molar-refractivity contribution is 0.576. The van der Waals surface area contributed by atoms with Crippen LogP contribution in [-0.2, 0) is 5.41 Å². The molecule has 83 valence electrons. The van der Waals surface area contributed by atoms with E-state index in [9.17, 15) is 0 Å². The van der Waals surface area contributed by atoms with Crippen molar-refractivity contribution >= 4 is 10.8 Å². The Balaban J connectivity index is 2.00. The van der Waals surface area contributed by atoms with E-state index in [2.05, 4.69) is 61.0 Å². The van der Waals surface area contributed by atoms with Crippen LogP contribution in [0.4, 0.5) is 0 Å². The number of hydrogen-bond donors (Lipinski definition) is 0. The predicted octanol–water partition coefficient (Wildman–Crippen LogP) is 4.26. The third kappa shape index (κ3) is 1.24. The maximum atomic E-state index is 2.47. The van der Waals surface area contributed by atoms with Crippen molar-refractivity contribution in [2.45, 2.75) is 18.3 Å². The van der Waals surface area contributed by atoms with E-state index in [4.69, 9.17) is 0 Å². The number of hydrogen-bond acceptors (Lipinski definition) is 0. The Morgan fingerprint density at radius 2 is 1.88 bits per heavy atom. The van der Waals surface area contributed by atoms with E-state index in [1.807, 2.05) is 0 Å². The van der Waals surface area contributed by atoms with Gasteiger partial charge in [-0.25, -0.2) is 0 Å². The molecule has 0 amide bonds. The van der Waals surface area contributed by atoms with E-state index >= 15 is 0 Å². The summed E-state index contributed by atoms with van der Waals surface area (Å²) in [5, 5.41) is 2.79. The summed E-state index contributed by atoms with van der Waals surface area (Å²) < 4.78 is 0. The highest BCUT2D eigenvalue weighted by molar-refractivity contribution is 5.87. The van der Waals surface area contributed by atoms with Crippen molar-refractivity contribution in [3.63, 3.8) is 0 Å². The van der Waals surface area contributed by atoms with Gasteiger partial charge in [-0.05, 0) is 41.5 Å². The largest absolute Gasteiger partial charge is 0.0842 e. The van der Waals surface area contributed by atoms with Crippen molar-refractivity contribution in [2.75, 3.05) is 0 Å². The zero-order valence-corrected chi connectivity index (χ0v) is 9.77. The number of allylic oxidation sites excluding steroid dienone is 2. The van der Waals surface area contributed by atoms with Gasteiger partial charge in [-0.3, -0.25) is 0 Å². The van der Waals surface area contributed by atoms with Gasteiger partial charge in [0.05, 0.1) is 0 Å². The molecule has 0 aromatic heterocycles. The smallest absolute Gasteiger partial charge is 0.0147 e. The van der Waals surface area contributed by atoms with Crippen molar-refractivity contribution in [3.05, 3.63) is 66.6 Å². The maximum Gasteiger partial charge on any atom is 0.0147 e. The molecule has 0 nitrogen and oxygen atoms in total. The summed E-state index contributed by atoms with van der Waals surface area (Å²) in [7, 11) is 0. The lowest BCUT2D eigenvalue weighted by atomic mass is 9.78. The first kappa shape index (κ1) is 9.47. The van der Waals surface area contributed by atoms with Gasteiger partial charge in [-0.1, -0.05) is 54.6 Å². The Hall–Kier alpha value is -1.56. The predicted molar refractivity (Wildman–Crippen MR) is 71.8 cm³/mol. The van der Waals surface area contributed by atoms with Crippen molar-refractivity contribution in [1.82, 2.24) is 0 Å². The van der Waals surface area contributed by atoms with Gasteiger partial charge in [0.25, 0.3) is 0 Å². The first-order valence-electron chi connectivity index (χ1n) is 6.38. The van der Waals surface area contributed by atoms with E-state index in [1.165, 1.54) is 29.2 Å². The zero-order chi connectivity index (χ0) is 11.3. The lowest BCUT2D eigenvalue weighted by Gasteiger charge is -2.25. The van der Waals surface area contributed by atoms with Gasteiger partial charge >= 0.3 is 0 Å². The first-order valence-corrected chi connectivity index (χ1v) is 6.38. The minimum absolute atomic E-state index is 0.297. The summed E-state index contributed by atoms with van der Waals surface area (Å²) in [5.41, 5.74) is 1.81. The fourth-order valence-corrected chi connectivity index (χ4v) is 3.51. The molecule has 4 rings (SSSR count). The van der Waals surface area contributed by atoms with Crippen LogP contribution >= 0.6 is 0 Å². The number of rotatable bonds is 1. The van der Waals surface area contributed by atoms with Crippen molar-refractivity contribution in [2.24, 2.45) is 5.92 Å². The Morgan fingerprint density at radius 1 is 1.00 bits per heavy atom. The molecule has 2 bridgehead atoms. The second-order valence-corrected chi connectivity index (χ2v) is 5.35. The van der Waals surface area contributed by atoms with Crippen molar-refractivity contribution in [1.29, 1.82) is 0 Å². The summed E-state index contributed by atoms with van der Waals surface area (Å²) in [6, 6.07) is 15.5. The monoisotopic (exact) mass is 219 g/mol. The second-order valence-electron chi connectivity index (χ2n) is 5.35. The molecule has 0 saturated heterocycles. The molecule has 2 aliphatic rings. The third-order valence-corrected chi connectivity index (χ3v) is 4.37. The van der Waals surface area contributed by atoms with Crippen LogP contribution in [0.2, 0.25) is 0 Å². The van der Waals surface area contributed by atoms with Crippen LogP contribution in [-0.4, -0.2) is 0 Å². The molecule has 0 aliphatic heterocycles. The van der Waals surface area contributed by atoms with E-state index in [0.717, 1.165) is 0 Å². The fraction of sp³-hybridized carbons (Fsp3) is 0.235. The van der Waals surface area contributed by atoms with E-state index in [-0.39, 0.29) is 0 Å². The van der Waals surface area contributed by atoms with Crippen molar-refractivity contribution < 1.29 is 0 Å². The van der Waals surface area contributed by atoms with Gasteiger partial charge in [0.2, 0.25) is 0 Å². The molecule has 2 unspecified atom stereocenters. The molecule has 1 radical (unpaired) electrons. The van der Waals surface area contributed by atoms with Crippen LogP contribution in [0.3, 0.4) is 0 Å². The van der Waals surface area contributed by atoms with E-state index in [0.29, 0.717) is 11.3 Å². The lowest BCUT2D eigenvalue weighted by Crippen LogP contribution is -2.17. The second kappa shape index (κ2) is 3.22. The van der Waals surface area contributed by atoms with Crippen LogP contribution in [0.5, 0.6) is 0 Å². The Bertz CT molecular complexity index is 603. The Labute approximate surface area is 102 Å². The van der Waals surface area contributed by atoms with Crippen molar-refractivity contribution in [3.8, 4) is 0 Å². The first-order chi connectivity index (χ1) is 8.37. The molecule has 0 heteroatoms. The minimum atomic E-state index is 0.297. The van der Waals surface area contributed by atoms with Crippen LogP contribution in [0.15, 0.2) is 54.6 Å². The van der Waals surface area contributed by atoms with E-state index < -0.39 is 0 Å². The van der Waals surface area contributed by atoms with Gasteiger partial charge in [0.15, 0.2) is 0 Å². The molecule has 1 saturated carbocycles. The molecule has 1 fully saturated rings. The van der Waals surface area contributed by atoms with Gasteiger partial charge in [0, 0.05) is 5.41 Å². The standard InChI is InChI=1S/C17H15/c1-2-6-15-14(4-1)5-3-7-16(15)17-10-8-13(12-17)9-11-17/h1-10,13H,11-12H2. The third-order valence-electron chi connectivity index (χ3n) is 4.37. The average Bonchev–Trinajstić information content (AvgIpc) is 2.99. The highest BCUT2D eigenvalue weighted by Crippen LogP contribution is 2.51. The Kier molecular flexibility index (Phi) is 1.80. The quantitative estimate of drug-likeness (QED) is 0.629. The van der Waals surface area contributed by atoms with Gasteiger partial charge < -0.3 is 0 Å². The van der Waals surface area contributed by atoms with Gasteiger partial charge in [0.1, 0.15) is 0 Å². The molecule has 2 atom stereocenters. The maximum absolute atomic E-state index is 2.47. The highest BCUT2D eigenvalue weighted by atomic mass is 14.5. The van der Waals surface area contributed by atoms with Crippen LogP contribution in [0.1, 0.15) is 18.4 Å². The summed E-state index contributed by atoms with van der Waals surface area (Å²) in [5.74, 6) is 0.717. The molecule has 0 N–H and O–H groups in total. The van der Waals surface area contributed by atoms with Crippen LogP contribution in [0.25, 0.3) is 10.8 Å². The summed E-state index contributed by atoms with van der Waals surface area (Å²) in [4.78, 5) is 0. The normalized spacial score (nSPS) is 30.2.